The fourth-order valence-electron chi connectivity index (χ4n) is 3.19. The number of rotatable bonds is 0. The van der Waals surface area contributed by atoms with Crippen molar-refractivity contribution in [2.24, 2.45) is 0 Å². The summed E-state index contributed by atoms with van der Waals surface area (Å²) in [4.78, 5) is 0. The summed E-state index contributed by atoms with van der Waals surface area (Å²) in [5.41, 5.74) is 3.21. The van der Waals surface area contributed by atoms with Crippen molar-refractivity contribution in [3.8, 4) is 5.75 Å². The van der Waals surface area contributed by atoms with Crippen LogP contribution in [0.15, 0.2) is 42.5 Å². The van der Waals surface area contributed by atoms with Gasteiger partial charge in [0, 0.05) is 31.1 Å². The second-order valence-corrected chi connectivity index (χ2v) is 5.29. The Hall–Kier alpha value is -1.87. The molecule has 1 spiro atoms. The molecule has 2 aromatic rings. The molecule has 2 aromatic carbocycles. The molecule has 0 radical (unpaired) electrons. The highest BCUT2D eigenvalue weighted by Gasteiger charge is 2.43. The summed E-state index contributed by atoms with van der Waals surface area (Å²) in [5, 5.41) is 3.40. The van der Waals surface area contributed by atoms with Crippen LogP contribution in [0, 0.1) is 5.82 Å². The molecule has 0 fully saturated rings. The summed E-state index contributed by atoms with van der Waals surface area (Å²) < 4.78 is 19.5. The Kier molecular flexibility index (Phi) is 2.21. The maximum absolute atomic E-state index is 13.3. The van der Waals surface area contributed by atoms with E-state index in [9.17, 15) is 4.39 Å². The molecule has 96 valence electrons. The van der Waals surface area contributed by atoms with Crippen LogP contribution in [0.3, 0.4) is 0 Å². The third-order valence-corrected chi connectivity index (χ3v) is 4.04. The predicted octanol–water partition coefficient (Wildman–Crippen LogP) is 2.76. The molecule has 0 bridgehead atoms. The Bertz CT molecular complexity index is 655. The Labute approximate surface area is 111 Å². The Morgan fingerprint density at radius 3 is 2.95 bits per heavy atom. The topological polar surface area (TPSA) is 21.3 Å². The van der Waals surface area contributed by atoms with Gasteiger partial charge in [-0.1, -0.05) is 30.3 Å². The number of halogens is 1. The second kappa shape index (κ2) is 3.81. The Balaban J connectivity index is 1.83. The molecule has 4 rings (SSSR count). The van der Waals surface area contributed by atoms with Gasteiger partial charge in [-0.15, -0.1) is 0 Å². The van der Waals surface area contributed by atoms with Gasteiger partial charge in [0.15, 0.2) is 5.60 Å². The first-order chi connectivity index (χ1) is 9.27. The lowest BCUT2D eigenvalue weighted by atomic mass is 9.83. The minimum atomic E-state index is -0.370. The zero-order valence-electron chi connectivity index (χ0n) is 10.4. The van der Waals surface area contributed by atoms with Crippen LogP contribution in [0.5, 0.6) is 5.75 Å². The van der Waals surface area contributed by atoms with Crippen molar-refractivity contribution in [3.05, 3.63) is 65.0 Å². The fraction of sp³-hybridized carbons (Fsp3) is 0.250. The summed E-state index contributed by atoms with van der Waals surface area (Å²) in [6, 6.07) is 13.1. The Morgan fingerprint density at radius 2 is 2.00 bits per heavy atom. The van der Waals surface area contributed by atoms with Gasteiger partial charge in [0.1, 0.15) is 11.6 Å². The van der Waals surface area contributed by atoms with Crippen LogP contribution in [0.25, 0.3) is 0 Å². The SMILES string of the molecule is Fc1ccc2c(c1)OC1(CNCc3ccccc31)C2. The molecule has 2 nitrogen and oxygen atoms in total. The van der Waals surface area contributed by atoms with E-state index in [1.807, 2.05) is 18.2 Å². The van der Waals surface area contributed by atoms with Crippen LogP contribution >= 0.6 is 0 Å². The average Bonchev–Trinajstić information content (AvgIpc) is 2.77. The molecule has 1 unspecified atom stereocenters. The molecule has 0 aromatic heterocycles. The molecule has 2 aliphatic rings. The highest BCUT2D eigenvalue weighted by molar-refractivity contribution is 5.46. The number of ether oxygens (including phenoxy) is 1. The minimum absolute atomic E-state index is 0.243. The van der Waals surface area contributed by atoms with Gasteiger partial charge in [-0.3, -0.25) is 0 Å². The van der Waals surface area contributed by atoms with Gasteiger partial charge in [-0.2, -0.15) is 0 Å². The molecular weight excluding hydrogens is 241 g/mol. The van der Waals surface area contributed by atoms with Gasteiger partial charge in [0.05, 0.1) is 0 Å². The molecule has 2 aliphatic heterocycles. The third-order valence-electron chi connectivity index (χ3n) is 4.04. The van der Waals surface area contributed by atoms with Crippen molar-refractivity contribution in [1.29, 1.82) is 0 Å². The zero-order chi connectivity index (χ0) is 12.9. The summed E-state index contributed by atoms with van der Waals surface area (Å²) in [7, 11) is 0. The first-order valence-corrected chi connectivity index (χ1v) is 6.53. The normalized spacial score (nSPS) is 23.8. The number of benzene rings is 2. The first kappa shape index (κ1) is 11.0. The first-order valence-electron chi connectivity index (χ1n) is 6.53. The van der Waals surface area contributed by atoms with Crippen LogP contribution < -0.4 is 10.1 Å². The van der Waals surface area contributed by atoms with Gasteiger partial charge in [0.25, 0.3) is 0 Å². The van der Waals surface area contributed by atoms with Crippen LogP contribution in [-0.2, 0) is 18.6 Å². The van der Waals surface area contributed by atoms with E-state index in [-0.39, 0.29) is 11.4 Å². The van der Waals surface area contributed by atoms with E-state index in [1.165, 1.54) is 23.3 Å². The standard InChI is InChI=1S/C16H14FNO/c17-13-6-5-11-8-16(19-15(11)7-13)10-18-9-12-3-1-2-4-14(12)16/h1-7,18H,8-10H2. The molecule has 19 heavy (non-hydrogen) atoms. The molecule has 0 aliphatic carbocycles. The Morgan fingerprint density at radius 1 is 1.11 bits per heavy atom. The molecule has 2 heterocycles. The van der Waals surface area contributed by atoms with E-state index in [4.69, 9.17) is 4.74 Å². The van der Waals surface area contributed by atoms with Crippen LogP contribution in [0.1, 0.15) is 16.7 Å². The summed E-state index contributed by atoms with van der Waals surface area (Å²) in [5.74, 6) is 0.436. The maximum atomic E-state index is 13.3. The second-order valence-electron chi connectivity index (χ2n) is 5.29. The van der Waals surface area contributed by atoms with E-state index in [0.717, 1.165) is 25.1 Å². The number of fused-ring (bicyclic) bond motifs is 3. The van der Waals surface area contributed by atoms with E-state index >= 15 is 0 Å². The molecule has 0 saturated carbocycles. The zero-order valence-corrected chi connectivity index (χ0v) is 10.4. The van der Waals surface area contributed by atoms with Crippen LogP contribution in [0.4, 0.5) is 4.39 Å². The highest BCUT2D eigenvalue weighted by Crippen LogP contribution is 2.43. The van der Waals surface area contributed by atoms with Gasteiger partial charge in [-0.25, -0.2) is 4.39 Å². The van der Waals surface area contributed by atoms with Gasteiger partial charge in [-0.05, 0) is 17.2 Å². The minimum Gasteiger partial charge on any atom is -0.480 e. The lowest BCUT2D eigenvalue weighted by molar-refractivity contribution is 0.0824. The van der Waals surface area contributed by atoms with Crippen molar-refractivity contribution in [2.75, 3.05) is 6.54 Å². The molecule has 3 heteroatoms. The van der Waals surface area contributed by atoms with E-state index in [0.29, 0.717) is 5.75 Å². The quantitative estimate of drug-likeness (QED) is 0.781. The lowest BCUT2D eigenvalue weighted by Gasteiger charge is -2.35. The van der Waals surface area contributed by atoms with E-state index < -0.39 is 0 Å². The van der Waals surface area contributed by atoms with Crippen molar-refractivity contribution < 1.29 is 9.13 Å². The number of nitrogens with one attached hydrogen (secondary N) is 1. The monoisotopic (exact) mass is 255 g/mol. The third kappa shape index (κ3) is 1.58. The van der Waals surface area contributed by atoms with Crippen molar-refractivity contribution in [1.82, 2.24) is 5.32 Å². The number of hydrogen-bond acceptors (Lipinski definition) is 2. The largest absolute Gasteiger partial charge is 0.480 e. The average molecular weight is 255 g/mol. The van der Waals surface area contributed by atoms with Crippen LogP contribution in [-0.4, -0.2) is 6.54 Å². The molecular formula is C16H14FNO. The number of hydrogen-bond donors (Lipinski definition) is 1. The van der Waals surface area contributed by atoms with Gasteiger partial charge >= 0.3 is 0 Å². The van der Waals surface area contributed by atoms with Crippen molar-refractivity contribution >= 4 is 0 Å². The van der Waals surface area contributed by atoms with E-state index in [2.05, 4.69) is 17.4 Å². The molecule has 1 N–H and O–H groups in total. The van der Waals surface area contributed by atoms with E-state index in [1.54, 1.807) is 0 Å². The summed E-state index contributed by atoms with van der Waals surface area (Å²) in [6.07, 6.45) is 0.798. The molecule has 0 amide bonds. The fourth-order valence-corrected chi connectivity index (χ4v) is 3.19. The summed E-state index contributed by atoms with van der Waals surface area (Å²) >= 11 is 0. The van der Waals surface area contributed by atoms with Crippen molar-refractivity contribution in [2.45, 2.75) is 18.6 Å². The molecule has 1 atom stereocenters. The van der Waals surface area contributed by atoms with Gasteiger partial charge < -0.3 is 10.1 Å². The predicted molar refractivity (Wildman–Crippen MR) is 70.6 cm³/mol. The molecule has 0 saturated heterocycles. The van der Waals surface area contributed by atoms with Crippen LogP contribution in [0.2, 0.25) is 0 Å². The van der Waals surface area contributed by atoms with Gasteiger partial charge in [0.2, 0.25) is 0 Å². The summed E-state index contributed by atoms with van der Waals surface area (Å²) in [6.45, 7) is 1.63. The highest BCUT2D eigenvalue weighted by atomic mass is 19.1. The van der Waals surface area contributed by atoms with Crippen molar-refractivity contribution in [3.63, 3.8) is 0 Å². The maximum Gasteiger partial charge on any atom is 0.151 e. The lowest BCUT2D eigenvalue weighted by Crippen LogP contribution is -2.46. The smallest absolute Gasteiger partial charge is 0.151 e.